The first-order valence-electron chi connectivity index (χ1n) is 8.80. The second-order valence-corrected chi connectivity index (χ2v) is 6.45. The van der Waals surface area contributed by atoms with E-state index in [9.17, 15) is 14.4 Å². The fraction of sp³-hybridized carbons (Fsp3) is 0.0952. The van der Waals surface area contributed by atoms with Gasteiger partial charge in [-0.05, 0) is 23.6 Å². The summed E-state index contributed by atoms with van der Waals surface area (Å²) in [5.74, 6) is -0.549. The quantitative estimate of drug-likeness (QED) is 0.586. The highest BCUT2D eigenvalue weighted by Crippen LogP contribution is 2.41. The fourth-order valence-electron chi connectivity index (χ4n) is 3.43. The number of hydrogen-bond acceptors (Lipinski definition) is 4. The van der Waals surface area contributed by atoms with Crippen LogP contribution in [0, 0.1) is 0 Å². The molecule has 0 radical (unpaired) electrons. The van der Waals surface area contributed by atoms with Crippen molar-refractivity contribution >= 4 is 51.4 Å². The van der Waals surface area contributed by atoms with E-state index in [1.54, 1.807) is 18.2 Å². The van der Waals surface area contributed by atoms with Crippen molar-refractivity contribution in [3.05, 3.63) is 54.6 Å². The average molecular weight is 391 g/mol. The lowest BCUT2D eigenvalue weighted by molar-refractivity contribution is -0.124. The molecule has 0 saturated heterocycles. The summed E-state index contributed by atoms with van der Waals surface area (Å²) in [7, 11) is 1.41. The number of carboxylic acid groups (broad SMARTS) is 1. The lowest BCUT2D eigenvalue weighted by atomic mass is 10.1. The van der Waals surface area contributed by atoms with Gasteiger partial charge in [-0.3, -0.25) is 19.8 Å². The summed E-state index contributed by atoms with van der Waals surface area (Å²) in [4.78, 5) is 37.6. The number of fused-ring (bicyclic) bond motifs is 3. The van der Waals surface area contributed by atoms with Gasteiger partial charge in [-0.25, -0.2) is 4.79 Å². The second-order valence-electron chi connectivity index (χ2n) is 6.45. The molecule has 0 aliphatic carbocycles. The zero-order valence-electron chi connectivity index (χ0n) is 15.4. The highest BCUT2D eigenvalue weighted by Gasteiger charge is 2.29. The molecule has 3 amide bonds. The van der Waals surface area contributed by atoms with Gasteiger partial charge in [-0.1, -0.05) is 30.3 Å². The first kappa shape index (κ1) is 18.3. The number of nitrogens with one attached hydrogen (secondary N) is 2. The van der Waals surface area contributed by atoms with Crippen LogP contribution in [0.25, 0.3) is 10.8 Å². The van der Waals surface area contributed by atoms with Crippen LogP contribution in [0.15, 0.2) is 54.6 Å². The number of methoxy groups -OCH3 is 1. The molecule has 8 heteroatoms. The Balaban J connectivity index is 1.90. The van der Waals surface area contributed by atoms with Crippen molar-refractivity contribution < 1.29 is 24.2 Å². The van der Waals surface area contributed by atoms with E-state index in [1.807, 2.05) is 30.3 Å². The third-order valence-electron chi connectivity index (χ3n) is 4.66. The highest BCUT2D eigenvalue weighted by molar-refractivity contribution is 6.21. The molecule has 8 nitrogen and oxygen atoms in total. The van der Waals surface area contributed by atoms with Crippen LogP contribution in [0.1, 0.15) is 6.42 Å². The molecule has 0 spiro atoms. The van der Waals surface area contributed by atoms with Crippen molar-refractivity contribution in [3.8, 4) is 5.75 Å². The second kappa shape index (κ2) is 7.16. The molecule has 3 aromatic carbocycles. The maximum atomic E-state index is 12.9. The zero-order valence-corrected chi connectivity index (χ0v) is 15.4. The van der Waals surface area contributed by atoms with Crippen molar-refractivity contribution in [1.82, 2.24) is 0 Å². The Morgan fingerprint density at radius 1 is 1.14 bits per heavy atom. The van der Waals surface area contributed by atoms with Crippen molar-refractivity contribution in [2.45, 2.75) is 6.42 Å². The number of amides is 3. The largest absolute Gasteiger partial charge is 0.494 e. The molecule has 3 N–H and O–H groups in total. The van der Waals surface area contributed by atoms with Crippen LogP contribution < -0.4 is 20.3 Å². The van der Waals surface area contributed by atoms with Gasteiger partial charge in [0.1, 0.15) is 12.2 Å². The number of rotatable bonds is 3. The fourth-order valence-corrected chi connectivity index (χ4v) is 3.43. The monoisotopic (exact) mass is 391 g/mol. The third kappa shape index (κ3) is 3.31. The third-order valence-corrected chi connectivity index (χ3v) is 4.66. The number of hydrogen-bond donors (Lipinski definition) is 3. The first-order valence-corrected chi connectivity index (χ1v) is 8.80. The average Bonchev–Trinajstić information content (AvgIpc) is 2.82. The summed E-state index contributed by atoms with van der Waals surface area (Å²) >= 11 is 0. The molecule has 4 rings (SSSR count). The summed E-state index contributed by atoms with van der Waals surface area (Å²) in [6.07, 6.45) is -1.55. The number of benzene rings is 3. The van der Waals surface area contributed by atoms with E-state index in [4.69, 9.17) is 9.84 Å². The Morgan fingerprint density at radius 2 is 1.93 bits per heavy atom. The maximum Gasteiger partial charge on any atom is 0.409 e. The topological polar surface area (TPSA) is 108 Å². The number of nitrogens with zero attached hydrogens (tertiary/aromatic N) is 1. The minimum absolute atomic E-state index is 0.249. The predicted molar refractivity (Wildman–Crippen MR) is 109 cm³/mol. The van der Waals surface area contributed by atoms with Gasteiger partial charge in [0.25, 0.3) is 0 Å². The molecule has 1 aliphatic rings. The van der Waals surface area contributed by atoms with Crippen LogP contribution in [-0.4, -0.2) is 30.1 Å². The molecule has 146 valence electrons. The van der Waals surface area contributed by atoms with Crippen LogP contribution in [-0.2, 0) is 9.59 Å². The van der Waals surface area contributed by atoms with Crippen molar-refractivity contribution in [1.29, 1.82) is 0 Å². The molecule has 29 heavy (non-hydrogen) atoms. The van der Waals surface area contributed by atoms with E-state index in [0.717, 1.165) is 10.8 Å². The van der Waals surface area contributed by atoms with Gasteiger partial charge >= 0.3 is 6.09 Å². The molecule has 1 aliphatic heterocycles. The van der Waals surface area contributed by atoms with Gasteiger partial charge in [0.15, 0.2) is 0 Å². The molecular formula is C21H17N3O5. The minimum Gasteiger partial charge on any atom is -0.494 e. The molecule has 0 bridgehead atoms. The van der Waals surface area contributed by atoms with E-state index in [0.29, 0.717) is 17.1 Å². The van der Waals surface area contributed by atoms with Crippen LogP contribution in [0.4, 0.5) is 27.5 Å². The summed E-state index contributed by atoms with van der Waals surface area (Å²) in [6.45, 7) is 0. The lowest BCUT2D eigenvalue weighted by Crippen LogP contribution is -2.26. The smallest absolute Gasteiger partial charge is 0.409 e. The summed E-state index contributed by atoms with van der Waals surface area (Å²) in [5.41, 5.74) is 1.78. The number of anilines is 4. The minimum atomic E-state index is -1.23. The Morgan fingerprint density at radius 3 is 2.69 bits per heavy atom. The van der Waals surface area contributed by atoms with Crippen molar-refractivity contribution in [3.63, 3.8) is 0 Å². The van der Waals surface area contributed by atoms with E-state index >= 15 is 0 Å². The summed E-state index contributed by atoms with van der Waals surface area (Å²) in [5, 5.41) is 15.8. The molecule has 3 aromatic rings. The van der Waals surface area contributed by atoms with E-state index in [2.05, 4.69) is 10.6 Å². The number of ether oxygens (including phenoxy) is 1. The van der Waals surface area contributed by atoms with Crippen molar-refractivity contribution in [2.24, 2.45) is 0 Å². The van der Waals surface area contributed by atoms with Gasteiger partial charge in [0.2, 0.25) is 11.8 Å². The zero-order chi connectivity index (χ0) is 20.5. The van der Waals surface area contributed by atoms with E-state index in [1.165, 1.54) is 18.1 Å². The molecule has 0 aromatic heterocycles. The van der Waals surface area contributed by atoms with E-state index in [-0.39, 0.29) is 17.9 Å². The van der Waals surface area contributed by atoms with Crippen LogP contribution in [0.2, 0.25) is 0 Å². The SMILES string of the molecule is COc1cc(N2C(=O)CC(=O)Nc3c2ccc2ccccc32)ccc1NC(=O)O. The lowest BCUT2D eigenvalue weighted by Gasteiger charge is -2.24. The first-order chi connectivity index (χ1) is 14.0. The van der Waals surface area contributed by atoms with E-state index < -0.39 is 17.9 Å². The molecule has 0 fully saturated rings. The van der Waals surface area contributed by atoms with Gasteiger partial charge in [0.05, 0.1) is 29.9 Å². The standard InChI is InChI=1S/C21H17N3O5/c1-29-17-10-13(7-8-15(17)22-21(27)28)24-16-9-6-12-4-2-3-5-14(12)20(16)23-18(25)11-19(24)26/h2-10,22H,11H2,1H3,(H,23,25)(H,27,28). The van der Waals surface area contributed by atoms with Crippen LogP contribution in [0.5, 0.6) is 5.75 Å². The molecule has 1 heterocycles. The highest BCUT2D eigenvalue weighted by atomic mass is 16.5. The molecule has 0 unspecified atom stereocenters. The van der Waals surface area contributed by atoms with Gasteiger partial charge in [0, 0.05) is 11.5 Å². The van der Waals surface area contributed by atoms with Crippen molar-refractivity contribution in [2.75, 3.05) is 22.6 Å². The van der Waals surface area contributed by atoms with Gasteiger partial charge in [-0.15, -0.1) is 0 Å². The number of carbonyl (C=O) groups is 3. The Hall–Kier alpha value is -4.07. The maximum absolute atomic E-state index is 12.9. The Bertz CT molecular complexity index is 1160. The summed E-state index contributed by atoms with van der Waals surface area (Å²) in [6, 6.07) is 15.9. The molecule has 0 atom stereocenters. The van der Waals surface area contributed by atoms with Gasteiger partial charge < -0.3 is 15.2 Å². The Labute approximate surface area is 165 Å². The molecular weight excluding hydrogens is 374 g/mol. The molecule has 0 saturated carbocycles. The summed E-state index contributed by atoms with van der Waals surface area (Å²) < 4.78 is 5.28. The Kier molecular flexibility index (Phi) is 4.52. The van der Waals surface area contributed by atoms with Gasteiger partial charge in [-0.2, -0.15) is 0 Å². The number of carbonyl (C=O) groups excluding carboxylic acids is 2. The normalized spacial score (nSPS) is 13.5. The van der Waals surface area contributed by atoms with Crippen LogP contribution >= 0.6 is 0 Å². The van der Waals surface area contributed by atoms with Crippen LogP contribution in [0.3, 0.4) is 0 Å². The predicted octanol–water partition coefficient (Wildman–Crippen LogP) is 3.95.